The number of nitriles is 1. The van der Waals surface area contributed by atoms with Crippen LogP contribution in [0.1, 0.15) is 22.5 Å². The van der Waals surface area contributed by atoms with Gasteiger partial charge in [0.15, 0.2) is 5.76 Å². The molecule has 0 bridgehead atoms. The molecule has 3 aromatic rings. The number of carbonyl (C=O) groups excluding carboxylic acids is 2. The van der Waals surface area contributed by atoms with Crippen molar-refractivity contribution in [1.29, 1.82) is 5.26 Å². The number of para-hydroxylation sites is 1. The molecule has 25 heavy (non-hydrogen) atoms. The standard InChI is InChI=1S/C19H15N3O3/c1-12-10-14(21-18(23)8-9-20)6-7-15(12)22-19(24)17-11-13-4-2-3-5-16(13)25-17/h2-7,10-11H,8H2,1H3,(H,21,23)(H,22,24). The number of hydrogen-bond acceptors (Lipinski definition) is 4. The maximum absolute atomic E-state index is 12.4. The Kier molecular flexibility index (Phi) is 4.48. The third-order valence-corrected chi connectivity index (χ3v) is 3.65. The van der Waals surface area contributed by atoms with E-state index < -0.39 is 0 Å². The molecule has 0 saturated heterocycles. The molecular weight excluding hydrogens is 318 g/mol. The molecule has 124 valence electrons. The van der Waals surface area contributed by atoms with Crippen molar-refractivity contribution in [2.45, 2.75) is 13.3 Å². The molecule has 0 fully saturated rings. The summed E-state index contributed by atoms with van der Waals surface area (Å²) in [4.78, 5) is 23.8. The molecular formula is C19H15N3O3. The number of nitrogens with zero attached hydrogens (tertiary/aromatic N) is 1. The summed E-state index contributed by atoms with van der Waals surface area (Å²) >= 11 is 0. The van der Waals surface area contributed by atoms with E-state index in [0.717, 1.165) is 10.9 Å². The molecule has 0 unspecified atom stereocenters. The zero-order valence-corrected chi connectivity index (χ0v) is 13.5. The van der Waals surface area contributed by atoms with Gasteiger partial charge in [0.1, 0.15) is 12.0 Å². The van der Waals surface area contributed by atoms with E-state index in [1.165, 1.54) is 0 Å². The number of anilines is 2. The third-order valence-electron chi connectivity index (χ3n) is 3.65. The van der Waals surface area contributed by atoms with Crippen LogP contribution in [0.3, 0.4) is 0 Å². The Morgan fingerprint density at radius 1 is 1.12 bits per heavy atom. The van der Waals surface area contributed by atoms with E-state index in [1.807, 2.05) is 25.1 Å². The first-order valence-corrected chi connectivity index (χ1v) is 7.64. The number of furan rings is 1. The molecule has 2 amide bonds. The molecule has 0 radical (unpaired) electrons. The van der Waals surface area contributed by atoms with Crippen LogP contribution in [0.4, 0.5) is 11.4 Å². The van der Waals surface area contributed by atoms with Gasteiger partial charge in [0.2, 0.25) is 5.91 Å². The molecule has 0 saturated carbocycles. The van der Waals surface area contributed by atoms with Crippen molar-refractivity contribution in [3.63, 3.8) is 0 Å². The maximum Gasteiger partial charge on any atom is 0.291 e. The van der Waals surface area contributed by atoms with Gasteiger partial charge in [-0.1, -0.05) is 18.2 Å². The second-order valence-corrected chi connectivity index (χ2v) is 5.52. The second kappa shape index (κ2) is 6.89. The zero-order valence-electron chi connectivity index (χ0n) is 13.5. The van der Waals surface area contributed by atoms with E-state index in [9.17, 15) is 9.59 Å². The fourth-order valence-corrected chi connectivity index (χ4v) is 2.44. The minimum absolute atomic E-state index is 0.205. The normalized spacial score (nSPS) is 10.2. The zero-order chi connectivity index (χ0) is 17.8. The molecule has 0 aliphatic rings. The van der Waals surface area contributed by atoms with Gasteiger partial charge >= 0.3 is 0 Å². The van der Waals surface area contributed by atoms with Crippen molar-refractivity contribution >= 4 is 34.2 Å². The first-order valence-electron chi connectivity index (χ1n) is 7.64. The molecule has 0 atom stereocenters. The summed E-state index contributed by atoms with van der Waals surface area (Å²) in [6.07, 6.45) is -0.205. The van der Waals surface area contributed by atoms with Crippen LogP contribution in [-0.4, -0.2) is 11.8 Å². The molecule has 6 nitrogen and oxygen atoms in total. The van der Waals surface area contributed by atoms with Crippen molar-refractivity contribution in [3.8, 4) is 6.07 Å². The van der Waals surface area contributed by atoms with Gasteiger partial charge in [-0.25, -0.2) is 0 Å². The van der Waals surface area contributed by atoms with Gasteiger partial charge < -0.3 is 15.1 Å². The Labute approximate surface area is 144 Å². The van der Waals surface area contributed by atoms with Gasteiger partial charge in [0.05, 0.1) is 6.07 Å². The SMILES string of the molecule is Cc1cc(NC(=O)CC#N)ccc1NC(=O)c1cc2ccccc2o1. The second-order valence-electron chi connectivity index (χ2n) is 5.52. The van der Waals surface area contributed by atoms with Gasteiger partial charge in [-0.2, -0.15) is 5.26 Å². The first-order chi connectivity index (χ1) is 12.1. The van der Waals surface area contributed by atoms with Crippen LogP contribution in [0, 0.1) is 18.3 Å². The van der Waals surface area contributed by atoms with E-state index in [1.54, 1.807) is 36.4 Å². The average Bonchev–Trinajstić information content (AvgIpc) is 3.01. The lowest BCUT2D eigenvalue weighted by Gasteiger charge is -2.10. The maximum atomic E-state index is 12.4. The first kappa shape index (κ1) is 16.3. The minimum Gasteiger partial charge on any atom is -0.451 e. The number of nitrogens with one attached hydrogen (secondary N) is 2. The predicted octanol–water partition coefficient (Wildman–Crippen LogP) is 3.85. The van der Waals surface area contributed by atoms with Crippen LogP contribution in [0.25, 0.3) is 11.0 Å². The summed E-state index contributed by atoms with van der Waals surface area (Å²) in [7, 11) is 0. The van der Waals surface area contributed by atoms with Gasteiger partial charge in [-0.15, -0.1) is 0 Å². The molecule has 0 aliphatic heterocycles. The number of aryl methyl sites for hydroxylation is 1. The molecule has 0 aliphatic carbocycles. The average molecular weight is 333 g/mol. The largest absolute Gasteiger partial charge is 0.451 e. The number of hydrogen-bond donors (Lipinski definition) is 2. The quantitative estimate of drug-likeness (QED) is 0.758. The molecule has 2 N–H and O–H groups in total. The molecule has 6 heteroatoms. The summed E-state index contributed by atoms with van der Waals surface area (Å²) in [5.74, 6) is -0.492. The number of carbonyl (C=O) groups is 2. The van der Waals surface area contributed by atoms with Gasteiger partial charge in [-0.05, 0) is 42.8 Å². The fraction of sp³-hybridized carbons (Fsp3) is 0.105. The smallest absolute Gasteiger partial charge is 0.291 e. The van der Waals surface area contributed by atoms with Crippen molar-refractivity contribution in [2.24, 2.45) is 0 Å². The van der Waals surface area contributed by atoms with E-state index >= 15 is 0 Å². The molecule has 0 spiro atoms. The van der Waals surface area contributed by atoms with Gasteiger partial charge in [0.25, 0.3) is 5.91 Å². The van der Waals surface area contributed by atoms with Crippen molar-refractivity contribution in [1.82, 2.24) is 0 Å². The van der Waals surface area contributed by atoms with E-state index in [0.29, 0.717) is 17.0 Å². The number of amides is 2. The summed E-state index contributed by atoms with van der Waals surface area (Å²) in [5, 5.41) is 14.8. The highest BCUT2D eigenvalue weighted by molar-refractivity contribution is 6.05. The van der Waals surface area contributed by atoms with Gasteiger partial charge in [0, 0.05) is 16.8 Å². The van der Waals surface area contributed by atoms with Crippen molar-refractivity contribution in [3.05, 3.63) is 59.9 Å². The highest BCUT2D eigenvalue weighted by atomic mass is 16.3. The Bertz CT molecular complexity index is 966. The molecule has 2 aromatic carbocycles. The molecule has 1 heterocycles. The predicted molar refractivity (Wildman–Crippen MR) is 94.2 cm³/mol. The Morgan fingerprint density at radius 3 is 2.64 bits per heavy atom. The topological polar surface area (TPSA) is 95.1 Å². The van der Waals surface area contributed by atoms with Crippen LogP contribution in [0.5, 0.6) is 0 Å². The van der Waals surface area contributed by atoms with Gasteiger partial charge in [-0.3, -0.25) is 9.59 Å². The van der Waals surface area contributed by atoms with Crippen LogP contribution in [-0.2, 0) is 4.79 Å². The Hall–Kier alpha value is -3.59. The monoisotopic (exact) mass is 333 g/mol. The van der Waals surface area contributed by atoms with E-state index in [4.69, 9.17) is 9.68 Å². The summed E-state index contributed by atoms with van der Waals surface area (Å²) in [5.41, 5.74) is 2.61. The highest BCUT2D eigenvalue weighted by Crippen LogP contribution is 2.23. The van der Waals surface area contributed by atoms with Crippen LogP contribution in [0.2, 0.25) is 0 Å². The van der Waals surface area contributed by atoms with Crippen LogP contribution in [0.15, 0.2) is 52.9 Å². The van der Waals surface area contributed by atoms with Crippen LogP contribution >= 0.6 is 0 Å². The highest BCUT2D eigenvalue weighted by Gasteiger charge is 2.13. The fourth-order valence-electron chi connectivity index (χ4n) is 2.44. The van der Waals surface area contributed by atoms with E-state index in [-0.39, 0.29) is 24.0 Å². The number of fused-ring (bicyclic) bond motifs is 1. The van der Waals surface area contributed by atoms with Crippen molar-refractivity contribution < 1.29 is 14.0 Å². The number of rotatable bonds is 4. The van der Waals surface area contributed by atoms with Crippen molar-refractivity contribution in [2.75, 3.05) is 10.6 Å². The summed E-state index contributed by atoms with van der Waals surface area (Å²) in [6, 6.07) is 16.0. The van der Waals surface area contributed by atoms with E-state index in [2.05, 4.69) is 10.6 Å². The summed E-state index contributed by atoms with van der Waals surface area (Å²) < 4.78 is 5.55. The lowest BCUT2D eigenvalue weighted by molar-refractivity contribution is -0.115. The lowest BCUT2D eigenvalue weighted by atomic mass is 10.1. The number of benzene rings is 2. The Morgan fingerprint density at radius 2 is 1.92 bits per heavy atom. The summed E-state index contributed by atoms with van der Waals surface area (Å²) in [6.45, 7) is 1.81. The lowest BCUT2D eigenvalue weighted by Crippen LogP contribution is -2.13. The third kappa shape index (κ3) is 3.67. The molecule has 3 rings (SSSR count). The Balaban J connectivity index is 1.75. The molecule has 1 aromatic heterocycles. The minimum atomic E-state index is -0.374. The van der Waals surface area contributed by atoms with Crippen LogP contribution < -0.4 is 10.6 Å².